The van der Waals surface area contributed by atoms with Crippen LogP contribution < -0.4 is 10.1 Å². The van der Waals surface area contributed by atoms with Crippen LogP contribution in [0.15, 0.2) is 40.8 Å². The van der Waals surface area contributed by atoms with Crippen LogP contribution in [0.5, 0.6) is 5.75 Å². The highest BCUT2D eigenvalue weighted by atomic mass is 35.5. The molecule has 25 heavy (non-hydrogen) atoms. The second-order valence-electron chi connectivity index (χ2n) is 5.64. The summed E-state index contributed by atoms with van der Waals surface area (Å²) in [7, 11) is 0. The van der Waals surface area contributed by atoms with E-state index in [1.54, 1.807) is 36.4 Å². The van der Waals surface area contributed by atoms with Gasteiger partial charge in [-0.25, -0.2) is 0 Å². The molecule has 0 spiro atoms. The van der Waals surface area contributed by atoms with Crippen molar-refractivity contribution in [1.29, 1.82) is 0 Å². The number of rotatable bonds is 10. The summed E-state index contributed by atoms with van der Waals surface area (Å²) in [6.07, 6.45) is 0.917. The molecule has 0 saturated carbocycles. The molecule has 0 saturated heterocycles. The van der Waals surface area contributed by atoms with E-state index in [1.165, 1.54) is 0 Å². The number of nitrogens with one attached hydrogen (secondary N) is 1. The number of halogens is 1. The summed E-state index contributed by atoms with van der Waals surface area (Å²) in [4.78, 5) is 14.4. The lowest BCUT2D eigenvalue weighted by Crippen LogP contribution is -2.29. The molecule has 6 heteroatoms. The molecule has 136 valence electrons. The van der Waals surface area contributed by atoms with Gasteiger partial charge in [-0.15, -0.1) is 0 Å². The van der Waals surface area contributed by atoms with E-state index in [2.05, 4.69) is 24.1 Å². The minimum absolute atomic E-state index is 0.197. The van der Waals surface area contributed by atoms with Gasteiger partial charge in [-0.3, -0.25) is 4.79 Å². The summed E-state index contributed by atoms with van der Waals surface area (Å²) < 4.78 is 11.1. The third kappa shape index (κ3) is 6.44. The molecule has 1 N–H and O–H groups in total. The number of carbonyl (C=O) groups excluding carboxylic acids is 1. The van der Waals surface area contributed by atoms with Gasteiger partial charge in [0.1, 0.15) is 18.1 Å². The molecule has 1 aromatic heterocycles. The van der Waals surface area contributed by atoms with Gasteiger partial charge < -0.3 is 19.4 Å². The minimum atomic E-state index is -0.197. The fourth-order valence-electron chi connectivity index (χ4n) is 2.39. The number of hydrogen-bond donors (Lipinski definition) is 1. The SMILES string of the molecule is CCN(CC)CCCNC(=O)c1ccc(COc2ccc(Cl)cc2)o1. The molecule has 0 atom stereocenters. The third-order valence-electron chi connectivity index (χ3n) is 3.91. The van der Waals surface area contributed by atoms with Gasteiger partial charge >= 0.3 is 0 Å². The maximum Gasteiger partial charge on any atom is 0.286 e. The van der Waals surface area contributed by atoms with Crippen molar-refractivity contribution < 1.29 is 13.9 Å². The van der Waals surface area contributed by atoms with Crippen LogP contribution in [0, 0.1) is 0 Å². The van der Waals surface area contributed by atoms with Gasteiger partial charge in [0.25, 0.3) is 5.91 Å². The quantitative estimate of drug-likeness (QED) is 0.648. The molecule has 0 aliphatic carbocycles. The zero-order valence-electron chi connectivity index (χ0n) is 14.8. The Hall–Kier alpha value is -1.98. The van der Waals surface area contributed by atoms with Crippen LogP contribution >= 0.6 is 11.6 Å². The topological polar surface area (TPSA) is 54.7 Å². The summed E-state index contributed by atoms with van der Waals surface area (Å²) >= 11 is 5.83. The highest BCUT2D eigenvalue weighted by Crippen LogP contribution is 2.17. The largest absolute Gasteiger partial charge is 0.486 e. The molecular weight excluding hydrogens is 340 g/mol. The highest BCUT2D eigenvalue weighted by Gasteiger charge is 2.11. The zero-order valence-corrected chi connectivity index (χ0v) is 15.5. The standard InChI is InChI=1S/C19H25ClN2O3/c1-3-22(4-2)13-5-12-21-19(23)18-11-10-17(25-18)14-24-16-8-6-15(20)7-9-16/h6-11H,3-5,12-14H2,1-2H3,(H,21,23). The lowest BCUT2D eigenvalue weighted by atomic mass is 10.3. The van der Waals surface area contributed by atoms with Gasteiger partial charge in [0, 0.05) is 11.6 Å². The summed E-state index contributed by atoms with van der Waals surface area (Å²) in [5.41, 5.74) is 0. The van der Waals surface area contributed by atoms with E-state index < -0.39 is 0 Å². The van der Waals surface area contributed by atoms with Crippen molar-refractivity contribution in [2.24, 2.45) is 0 Å². The summed E-state index contributed by atoms with van der Waals surface area (Å²) in [5, 5.41) is 3.54. The first-order valence-electron chi connectivity index (χ1n) is 8.60. The van der Waals surface area contributed by atoms with Gasteiger partial charge in [-0.2, -0.15) is 0 Å². The average molecular weight is 365 g/mol. The number of benzene rings is 1. The number of carbonyl (C=O) groups is 1. The van der Waals surface area contributed by atoms with Crippen molar-refractivity contribution >= 4 is 17.5 Å². The average Bonchev–Trinajstić information content (AvgIpc) is 3.10. The number of nitrogens with zero attached hydrogens (tertiary/aromatic N) is 1. The molecule has 5 nitrogen and oxygen atoms in total. The van der Waals surface area contributed by atoms with E-state index in [0.29, 0.717) is 28.8 Å². The Morgan fingerprint density at radius 3 is 2.56 bits per heavy atom. The predicted molar refractivity (Wildman–Crippen MR) is 99.2 cm³/mol. The molecule has 0 fully saturated rings. The molecule has 0 aliphatic rings. The summed E-state index contributed by atoms with van der Waals surface area (Å²) in [5.74, 6) is 1.40. The van der Waals surface area contributed by atoms with Crippen molar-refractivity contribution in [2.45, 2.75) is 26.9 Å². The van der Waals surface area contributed by atoms with E-state index in [9.17, 15) is 4.79 Å². The molecule has 1 heterocycles. The van der Waals surface area contributed by atoms with Crippen LogP contribution in [-0.4, -0.2) is 37.0 Å². The number of ether oxygens (including phenoxy) is 1. The fraction of sp³-hybridized carbons (Fsp3) is 0.421. The van der Waals surface area contributed by atoms with Crippen molar-refractivity contribution in [2.75, 3.05) is 26.2 Å². The first-order valence-corrected chi connectivity index (χ1v) is 8.97. The van der Waals surface area contributed by atoms with Gasteiger partial charge in [0.15, 0.2) is 5.76 Å². The number of furan rings is 1. The Bertz CT molecular complexity index is 651. The first kappa shape index (κ1) is 19.3. The number of amides is 1. The third-order valence-corrected chi connectivity index (χ3v) is 4.16. The molecular formula is C19H25ClN2O3. The van der Waals surface area contributed by atoms with E-state index in [1.807, 2.05) is 0 Å². The Morgan fingerprint density at radius 1 is 1.16 bits per heavy atom. The Morgan fingerprint density at radius 2 is 1.88 bits per heavy atom. The normalized spacial score (nSPS) is 10.9. The monoisotopic (exact) mass is 364 g/mol. The second kappa shape index (κ2) is 10.1. The fourth-order valence-corrected chi connectivity index (χ4v) is 2.52. The van der Waals surface area contributed by atoms with Gasteiger partial charge in [-0.1, -0.05) is 25.4 Å². The lowest BCUT2D eigenvalue weighted by molar-refractivity contribution is 0.0920. The minimum Gasteiger partial charge on any atom is -0.486 e. The van der Waals surface area contributed by atoms with Crippen LogP contribution in [0.2, 0.25) is 5.02 Å². The molecule has 1 aromatic carbocycles. The summed E-state index contributed by atoms with van der Waals surface area (Å²) in [6.45, 7) is 8.20. The van der Waals surface area contributed by atoms with E-state index >= 15 is 0 Å². The number of hydrogen-bond acceptors (Lipinski definition) is 4. The predicted octanol–water partition coefficient (Wildman–Crippen LogP) is 3.97. The molecule has 0 radical (unpaired) electrons. The molecule has 2 aromatic rings. The van der Waals surface area contributed by atoms with E-state index in [4.69, 9.17) is 20.8 Å². The van der Waals surface area contributed by atoms with Crippen LogP contribution in [0.25, 0.3) is 0 Å². The maximum atomic E-state index is 12.1. The Kier molecular flexibility index (Phi) is 7.82. The van der Waals surface area contributed by atoms with Gasteiger partial charge in [-0.05, 0) is 62.5 Å². The molecule has 1 amide bonds. The van der Waals surface area contributed by atoms with E-state index in [-0.39, 0.29) is 12.5 Å². The Labute approximate surface area is 153 Å². The molecule has 2 rings (SSSR count). The van der Waals surface area contributed by atoms with E-state index in [0.717, 1.165) is 26.1 Å². The first-order chi connectivity index (χ1) is 12.1. The lowest BCUT2D eigenvalue weighted by Gasteiger charge is -2.17. The highest BCUT2D eigenvalue weighted by molar-refractivity contribution is 6.30. The smallest absolute Gasteiger partial charge is 0.286 e. The van der Waals surface area contributed by atoms with Crippen LogP contribution in [0.1, 0.15) is 36.6 Å². The van der Waals surface area contributed by atoms with Crippen LogP contribution in [0.3, 0.4) is 0 Å². The van der Waals surface area contributed by atoms with Crippen molar-refractivity contribution in [3.05, 3.63) is 52.9 Å². The van der Waals surface area contributed by atoms with Crippen molar-refractivity contribution in [3.8, 4) is 5.75 Å². The molecule has 0 aliphatic heterocycles. The molecule has 0 unspecified atom stereocenters. The molecule has 0 bridgehead atoms. The summed E-state index contributed by atoms with van der Waals surface area (Å²) in [6, 6.07) is 10.5. The van der Waals surface area contributed by atoms with Gasteiger partial charge in [0.2, 0.25) is 0 Å². The Balaban J connectivity index is 1.74. The van der Waals surface area contributed by atoms with Gasteiger partial charge in [0.05, 0.1) is 0 Å². The maximum absolute atomic E-state index is 12.1. The second-order valence-corrected chi connectivity index (χ2v) is 6.08. The van der Waals surface area contributed by atoms with Crippen molar-refractivity contribution in [1.82, 2.24) is 10.2 Å². The van der Waals surface area contributed by atoms with Crippen molar-refractivity contribution in [3.63, 3.8) is 0 Å². The zero-order chi connectivity index (χ0) is 18.1. The van der Waals surface area contributed by atoms with Crippen LogP contribution in [0.4, 0.5) is 0 Å². The van der Waals surface area contributed by atoms with Crippen LogP contribution in [-0.2, 0) is 6.61 Å².